The molecule has 21 heavy (non-hydrogen) atoms. The molecule has 0 heterocycles. The minimum absolute atomic E-state index is 0.591. The van der Waals surface area contributed by atoms with Gasteiger partial charge in [0.05, 0.1) is 0 Å². The summed E-state index contributed by atoms with van der Waals surface area (Å²) in [6, 6.07) is 1.62. The molecule has 0 aliphatic heterocycles. The lowest BCUT2D eigenvalue weighted by Crippen LogP contribution is -2.46. The Kier molecular flexibility index (Phi) is 6.55. The van der Waals surface area contributed by atoms with Crippen LogP contribution in [0.25, 0.3) is 0 Å². The van der Waals surface area contributed by atoms with Crippen LogP contribution in [0, 0.1) is 11.3 Å². The van der Waals surface area contributed by atoms with Crippen molar-refractivity contribution in [1.82, 2.24) is 10.2 Å². The first kappa shape index (κ1) is 17.3. The summed E-state index contributed by atoms with van der Waals surface area (Å²) >= 11 is 0. The van der Waals surface area contributed by atoms with E-state index in [0.717, 1.165) is 18.0 Å². The molecule has 2 rings (SSSR count). The van der Waals surface area contributed by atoms with Gasteiger partial charge in [0.1, 0.15) is 0 Å². The van der Waals surface area contributed by atoms with Gasteiger partial charge in [0.2, 0.25) is 0 Å². The summed E-state index contributed by atoms with van der Waals surface area (Å²) in [6.45, 7) is 9.67. The van der Waals surface area contributed by atoms with Crippen LogP contribution in [-0.4, -0.2) is 37.1 Å². The largest absolute Gasteiger partial charge is 0.314 e. The first-order chi connectivity index (χ1) is 10.0. The van der Waals surface area contributed by atoms with E-state index >= 15 is 0 Å². The molecule has 124 valence electrons. The van der Waals surface area contributed by atoms with Crippen molar-refractivity contribution in [3.63, 3.8) is 0 Å². The van der Waals surface area contributed by atoms with Crippen molar-refractivity contribution in [2.24, 2.45) is 11.3 Å². The van der Waals surface area contributed by atoms with Gasteiger partial charge in [-0.3, -0.25) is 0 Å². The Morgan fingerprint density at radius 2 is 1.71 bits per heavy atom. The van der Waals surface area contributed by atoms with Gasteiger partial charge in [-0.15, -0.1) is 0 Å². The quantitative estimate of drug-likeness (QED) is 0.779. The van der Waals surface area contributed by atoms with Crippen LogP contribution in [0.4, 0.5) is 0 Å². The van der Waals surface area contributed by atoms with Gasteiger partial charge in [-0.25, -0.2) is 0 Å². The minimum atomic E-state index is 0.591. The van der Waals surface area contributed by atoms with Gasteiger partial charge >= 0.3 is 0 Å². The van der Waals surface area contributed by atoms with Gasteiger partial charge < -0.3 is 10.2 Å². The Bertz CT molecular complexity index is 290. The van der Waals surface area contributed by atoms with Crippen molar-refractivity contribution in [3.05, 3.63) is 0 Å². The zero-order valence-corrected chi connectivity index (χ0v) is 15.0. The standard InChI is InChI=1S/C19H38N2/c1-5-14-20-18-9-7-6-8-16(18)15-21(4)17-10-12-19(2,3)13-11-17/h16-18,20H,5-15H2,1-4H3. The second-order valence-corrected chi connectivity index (χ2v) is 8.44. The topological polar surface area (TPSA) is 15.3 Å². The molecule has 2 heteroatoms. The molecule has 0 amide bonds. The van der Waals surface area contributed by atoms with Crippen LogP contribution in [0.2, 0.25) is 0 Å². The monoisotopic (exact) mass is 294 g/mol. The van der Waals surface area contributed by atoms with Crippen molar-refractivity contribution in [1.29, 1.82) is 0 Å². The van der Waals surface area contributed by atoms with E-state index in [-0.39, 0.29) is 0 Å². The van der Waals surface area contributed by atoms with Gasteiger partial charge in [-0.1, -0.05) is 33.6 Å². The molecule has 2 aliphatic rings. The summed E-state index contributed by atoms with van der Waals surface area (Å²) in [7, 11) is 2.38. The summed E-state index contributed by atoms with van der Waals surface area (Å²) in [4.78, 5) is 2.70. The third kappa shape index (κ3) is 5.25. The van der Waals surface area contributed by atoms with Crippen molar-refractivity contribution >= 4 is 0 Å². The molecule has 0 radical (unpaired) electrons. The summed E-state index contributed by atoms with van der Waals surface area (Å²) in [6.07, 6.45) is 12.6. The Hall–Kier alpha value is -0.0800. The summed E-state index contributed by atoms with van der Waals surface area (Å²) in [5, 5.41) is 3.82. The maximum atomic E-state index is 3.82. The van der Waals surface area contributed by atoms with E-state index in [4.69, 9.17) is 0 Å². The average molecular weight is 295 g/mol. The van der Waals surface area contributed by atoms with Crippen LogP contribution in [0.15, 0.2) is 0 Å². The van der Waals surface area contributed by atoms with Crippen LogP contribution in [0.5, 0.6) is 0 Å². The molecule has 1 N–H and O–H groups in total. The average Bonchev–Trinajstić information content (AvgIpc) is 2.46. The molecule has 2 fully saturated rings. The molecule has 2 atom stereocenters. The molecular formula is C19H38N2. The van der Waals surface area contributed by atoms with Gasteiger partial charge in [-0.2, -0.15) is 0 Å². The number of hydrogen-bond acceptors (Lipinski definition) is 2. The molecule has 0 saturated heterocycles. The number of rotatable bonds is 6. The van der Waals surface area contributed by atoms with Gasteiger partial charge in [0, 0.05) is 18.6 Å². The van der Waals surface area contributed by atoms with Gasteiger partial charge in [0.25, 0.3) is 0 Å². The van der Waals surface area contributed by atoms with Crippen LogP contribution >= 0.6 is 0 Å². The fourth-order valence-electron chi connectivity index (χ4n) is 4.37. The Labute approximate surface area is 133 Å². The lowest BCUT2D eigenvalue weighted by atomic mass is 9.75. The molecule has 2 saturated carbocycles. The molecule has 0 aromatic carbocycles. The van der Waals surface area contributed by atoms with Crippen LogP contribution in [0.1, 0.15) is 78.6 Å². The lowest BCUT2D eigenvalue weighted by Gasteiger charge is -2.41. The molecular weight excluding hydrogens is 256 g/mol. The van der Waals surface area contributed by atoms with Crippen LogP contribution < -0.4 is 5.32 Å². The predicted molar refractivity (Wildman–Crippen MR) is 92.7 cm³/mol. The first-order valence-electron chi connectivity index (χ1n) is 9.45. The molecule has 0 spiro atoms. The highest BCUT2D eigenvalue weighted by Crippen LogP contribution is 2.37. The minimum Gasteiger partial charge on any atom is -0.314 e. The fourth-order valence-corrected chi connectivity index (χ4v) is 4.37. The van der Waals surface area contributed by atoms with Crippen molar-refractivity contribution in [2.45, 2.75) is 90.6 Å². The number of hydrogen-bond donors (Lipinski definition) is 1. The van der Waals surface area contributed by atoms with E-state index in [1.165, 1.54) is 70.9 Å². The third-order valence-electron chi connectivity index (χ3n) is 6.02. The SMILES string of the molecule is CCCNC1CCCCC1CN(C)C1CCC(C)(C)CC1. The zero-order chi connectivity index (χ0) is 15.3. The van der Waals surface area contributed by atoms with Crippen molar-refractivity contribution in [2.75, 3.05) is 20.1 Å². The summed E-state index contributed by atoms with van der Waals surface area (Å²) in [5.41, 5.74) is 0.591. The van der Waals surface area contributed by atoms with E-state index in [0.29, 0.717) is 5.41 Å². The Balaban J connectivity index is 1.81. The maximum Gasteiger partial charge on any atom is 0.0107 e. The van der Waals surface area contributed by atoms with E-state index < -0.39 is 0 Å². The van der Waals surface area contributed by atoms with E-state index in [1.54, 1.807) is 0 Å². The van der Waals surface area contributed by atoms with Crippen LogP contribution in [0.3, 0.4) is 0 Å². The predicted octanol–water partition coefficient (Wildman–Crippen LogP) is 4.45. The van der Waals surface area contributed by atoms with E-state index in [9.17, 15) is 0 Å². The highest BCUT2D eigenvalue weighted by atomic mass is 15.1. The number of nitrogens with one attached hydrogen (secondary N) is 1. The molecule has 2 unspecified atom stereocenters. The Morgan fingerprint density at radius 1 is 1.05 bits per heavy atom. The molecule has 2 nitrogen and oxygen atoms in total. The molecule has 0 bridgehead atoms. The zero-order valence-electron chi connectivity index (χ0n) is 15.0. The fraction of sp³-hybridized carbons (Fsp3) is 1.00. The molecule has 0 aromatic heterocycles. The van der Waals surface area contributed by atoms with E-state index in [1.807, 2.05) is 0 Å². The second kappa shape index (κ2) is 7.97. The summed E-state index contributed by atoms with van der Waals surface area (Å²) < 4.78 is 0. The third-order valence-corrected chi connectivity index (χ3v) is 6.02. The smallest absolute Gasteiger partial charge is 0.0107 e. The highest BCUT2D eigenvalue weighted by molar-refractivity contribution is 4.87. The van der Waals surface area contributed by atoms with Gasteiger partial charge in [0.15, 0.2) is 0 Å². The van der Waals surface area contributed by atoms with Crippen molar-refractivity contribution < 1.29 is 0 Å². The number of nitrogens with zero attached hydrogens (tertiary/aromatic N) is 1. The molecule has 2 aliphatic carbocycles. The second-order valence-electron chi connectivity index (χ2n) is 8.44. The molecule has 0 aromatic rings. The first-order valence-corrected chi connectivity index (χ1v) is 9.45. The Morgan fingerprint density at radius 3 is 2.38 bits per heavy atom. The van der Waals surface area contributed by atoms with Gasteiger partial charge in [-0.05, 0) is 69.9 Å². The normalized spacial score (nSPS) is 30.7. The lowest BCUT2D eigenvalue weighted by molar-refractivity contribution is 0.0976. The maximum absolute atomic E-state index is 3.82. The van der Waals surface area contributed by atoms with E-state index in [2.05, 4.69) is 38.0 Å². The van der Waals surface area contributed by atoms with Crippen LogP contribution in [-0.2, 0) is 0 Å². The van der Waals surface area contributed by atoms with Crippen molar-refractivity contribution in [3.8, 4) is 0 Å². The highest BCUT2D eigenvalue weighted by Gasteiger charge is 2.31. The summed E-state index contributed by atoms with van der Waals surface area (Å²) in [5.74, 6) is 0.880.